The third-order valence-corrected chi connectivity index (χ3v) is 7.44. The summed E-state index contributed by atoms with van der Waals surface area (Å²) in [7, 11) is -3.59. The van der Waals surface area contributed by atoms with Gasteiger partial charge in [-0.3, -0.25) is 0 Å². The molecule has 0 saturated carbocycles. The van der Waals surface area contributed by atoms with Gasteiger partial charge in [0.2, 0.25) is 10.0 Å². The van der Waals surface area contributed by atoms with E-state index in [1.807, 2.05) is 79.3 Å². The van der Waals surface area contributed by atoms with Gasteiger partial charge in [0.1, 0.15) is 0 Å². The van der Waals surface area contributed by atoms with Crippen LogP contribution >= 0.6 is 11.8 Å². The standard InChI is InChI=1S/C24H27NO2S2/c1-19-13-16-23(17-14-19)29(26,27)25-24(21-9-5-3-6-10-21)18-15-20(2)28-22-11-7-4-8-12-22/h3-14,16-17,20,24-25H,15,18H2,1-2H3. The van der Waals surface area contributed by atoms with Crippen molar-refractivity contribution < 1.29 is 8.42 Å². The Morgan fingerprint density at radius 3 is 2.03 bits per heavy atom. The van der Waals surface area contributed by atoms with Crippen LogP contribution in [0.3, 0.4) is 0 Å². The van der Waals surface area contributed by atoms with Gasteiger partial charge in [0.15, 0.2) is 0 Å². The molecule has 0 aliphatic heterocycles. The van der Waals surface area contributed by atoms with Crippen molar-refractivity contribution in [1.29, 1.82) is 0 Å². The van der Waals surface area contributed by atoms with Crippen LogP contribution in [-0.2, 0) is 10.0 Å². The number of rotatable bonds is 9. The molecule has 0 spiro atoms. The third kappa shape index (κ3) is 6.46. The summed E-state index contributed by atoms with van der Waals surface area (Å²) in [5.41, 5.74) is 2.02. The monoisotopic (exact) mass is 425 g/mol. The molecule has 3 rings (SSSR count). The Kier molecular flexibility index (Phi) is 7.53. The first-order chi connectivity index (χ1) is 13.9. The molecular weight excluding hydrogens is 398 g/mol. The molecule has 29 heavy (non-hydrogen) atoms. The quantitative estimate of drug-likeness (QED) is 0.429. The zero-order chi connectivity index (χ0) is 20.7. The zero-order valence-electron chi connectivity index (χ0n) is 16.8. The lowest BCUT2D eigenvalue weighted by atomic mass is 10.0. The number of benzene rings is 3. The van der Waals surface area contributed by atoms with Gasteiger partial charge in [-0.1, -0.05) is 73.2 Å². The fourth-order valence-electron chi connectivity index (χ4n) is 3.14. The van der Waals surface area contributed by atoms with E-state index < -0.39 is 10.0 Å². The minimum Gasteiger partial charge on any atom is -0.207 e. The molecule has 0 heterocycles. The number of hydrogen-bond donors (Lipinski definition) is 1. The maximum atomic E-state index is 12.9. The van der Waals surface area contributed by atoms with Crippen LogP contribution in [0.5, 0.6) is 0 Å². The number of thioether (sulfide) groups is 1. The maximum Gasteiger partial charge on any atom is 0.241 e. The fraction of sp³-hybridized carbons (Fsp3) is 0.250. The van der Waals surface area contributed by atoms with Crippen LogP contribution in [0.1, 0.15) is 36.9 Å². The first-order valence-electron chi connectivity index (χ1n) is 9.80. The van der Waals surface area contributed by atoms with Crippen LogP contribution in [0.4, 0.5) is 0 Å². The Morgan fingerprint density at radius 2 is 1.41 bits per heavy atom. The molecule has 2 unspecified atom stereocenters. The highest BCUT2D eigenvalue weighted by atomic mass is 32.2. The Labute approximate surface area is 178 Å². The summed E-state index contributed by atoms with van der Waals surface area (Å²) in [6, 6.07) is 26.8. The van der Waals surface area contributed by atoms with Crippen molar-refractivity contribution in [3.05, 3.63) is 96.1 Å². The SMILES string of the molecule is Cc1ccc(S(=O)(=O)NC(CCC(C)Sc2ccccc2)c2ccccc2)cc1. The van der Waals surface area contributed by atoms with E-state index in [0.29, 0.717) is 10.1 Å². The molecule has 0 amide bonds. The van der Waals surface area contributed by atoms with Crippen LogP contribution in [0.25, 0.3) is 0 Å². The fourth-order valence-corrected chi connectivity index (χ4v) is 5.44. The molecule has 0 fully saturated rings. The van der Waals surface area contributed by atoms with E-state index in [1.165, 1.54) is 4.90 Å². The van der Waals surface area contributed by atoms with E-state index >= 15 is 0 Å². The van der Waals surface area contributed by atoms with Gasteiger partial charge in [0.25, 0.3) is 0 Å². The molecule has 3 aromatic rings. The van der Waals surface area contributed by atoms with Gasteiger partial charge >= 0.3 is 0 Å². The third-order valence-electron chi connectivity index (χ3n) is 4.77. The summed E-state index contributed by atoms with van der Waals surface area (Å²) in [5, 5.41) is 0.382. The lowest BCUT2D eigenvalue weighted by molar-refractivity contribution is 0.527. The van der Waals surface area contributed by atoms with E-state index in [4.69, 9.17) is 0 Å². The lowest BCUT2D eigenvalue weighted by Gasteiger charge is -2.21. The highest BCUT2D eigenvalue weighted by molar-refractivity contribution is 7.99. The second-order valence-electron chi connectivity index (χ2n) is 7.22. The molecule has 3 nitrogen and oxygen atoms in total. The van der Waals surface area contributed by atoms with Crippen LogP contribution in [0.15, 0.2) is 94.7 Å². The highest BCUT2D eigenvalue weighted by Gasteiger charge is 2.22. The van der Waals surface area contributed by atoms with Crippen LogP contribution in [-0.4, -0.2) is 13.7 Å². The molecule has 0 saturated heterocycles. The molecule has 0 radical (unpaired) electrons. The summed E-state index contributed by atoms with van der Waals surface area (Å²) in [4.78, 5) is 1.53. The molecule has 0 aliphatic carbocycles. The van der Waals surface area contributed by atoms with E-state index in [1.54, 1.807) is 12.1 Å². The van der Waals surface area contributed by atoms with Crippen molar-refractivity contribution in [3.63, 3.8) is 0 Å². The van der Waals surface area contributed by atoms with Crippen LogP contribution in [0, 0.1) is 6.92 Å². The van der Waals surface area contributed by atoms with E-state index in [-0.39, 0.29) is 6.04 Å². The molecule has 0 aromatic heterocycles. The van der Waals surface area contributed by atoms with Gasteiger partial charge in [-0.25, -0.2) is 13.1 Å². The highest BCUT2D eigenvalue weighted by Crippen LogP contribution is 2.29. The molecule has 5 heteroatoms. The molecule has 2 atom stereocenters. The van der Waals surface area contributed by atoms with Crippen molar-refractivity contribution in [2.75, 3.05) is 0 Å². The van der Waals surface area contributed by atoms with Gasteiger partial charge in [-0.2, -0.15) is 0 Å². The van der Waals surface area contributed by atoms with Gasteiger partial charge < -0.3 is 0 Å². The summed E-state index contributed by atoms with van der Waals surface area (Å²) in [6.07, 6.45) is 1.63. The minimum absolute atomic E-state index is 0.263. The largest absolute Gasteiger partial charge is 0.241 e. The number of hydrogen-bond acceptors (Lipinski definition) is 3. The Morgan fingerprint density at radius 1 is 0.828 bits per heavy atom. The van der Waals surface area contributed by atoms with Crippen molar-refractivity contribution in [1.82, 2.24) is 4.72 Å². The topological polar surface area (TPSA) is 46.2 Å². The molecule has 3 aromatic carbocycles. The van der Waals surface area contributed by atoms with Gasteiger partial charge in [-0.05, 0) is 49.6 Å². The minimum atomic E-state index is -3.59. The molecule has 152 valence electrons. The van der Waals surface area contributed by atoms with E-state index in [2.05, 4.69) is 23.8 Å². The van der Waals surface area contributed by atoms with E-state index in [0.717, 1.165) is 24.0 Å². The van der Waals surface area contributed by atoms with Crippen molar-refractivity contribution in [3.8, 4) is 0 Å². The summed E-state index contributed by atoms with van der Waals surface area (Å²) >= 11 is 1.82. The summed E-state index contributed by atoms with van der Waals surface area (Å²) < 4.78 is 28.8. The first kappa shape index (κ1) is 21.6. The van der Waals surface area contributed by atoms with Gasteiger partial charge in [0, 0.05) is 16.2 Å². The van der Waals surface area contributed by atoms with Crippen LogP contribution < -0.4 is 4.72 Å². The lowest BCUT2D eigenvalue weighted by Crippen LogP contribution is -2.29. The number of aryl methyl sites for hydroxylation is 1. The number of nitrogens with one attached hydrogen (secondary N) is 1. The number of sulfonamides is 1. The van der Waals surface area contributed by atoms with Gasteiger partial charge in [-0.15, -0.1) is 11.8 Å². The summed E-state index contributed by atoms with van der Waals surface area (Å²) in [6.45, 7) is 4.14. The first-order valence-corrected chi connectivity index (χ1v) is 12.2. The Bertz CT molecular complexity index is 988. The van der Waals surface area contributed by atoms with Crippen LogP contribution in [0.2, 0.25) is 0 Å². The average molecular weight is 426 g/mol. The average Bonchev–Trinajstić information content (AvgIpc) is 2.73. The second kappa shape index (κ2) is 10.1. The Balaban J connectivity index is 1.72. The van der Waals surface area contributed by atoms with Crippen molar-refractivity contribution >= 4 is 21.8 Å². The van der Waals surface area contributed by atoms with Gasteiger partial charge in [0.05, 0.1) is 4.90 Å². The summed E-state index contributed by atoms with van der Waals surface area (Å²) in [5.74, 6) is 0. The Hall–Kier alpha value is -2.08. The van der Waals surface area contributed by atoms with Crippen molar-refractivity contribution in [2.24, 2.45) is 0 Å². The maximum absolute atomic E-state index is 12.9. The molecule has 1 N–H and O–H groups in total. The molecule has 0 aliphatic rings. The smallest absolute Gasteiger partial charge is 0.207 e. The predicted molar refractivity (Wildman–Crippen MR) is 122 cm³/mol. The molecule has 0 bridgehead atoms. The zero-order valence-corrected chi connectivity index (χ0v) is 18.4. The second-order valence-corrected chi connectivity index (χ2v) is 10.4. The normalized spacial score (nSPS) is 13.7. The van der Waals surface area contributed by atoms with E-state index in [9.17, 15) is 8.42 Å². The molecular formula is C24H27NO2S2. The predicted octanol–water partition coefficient (Wildman–Crippen LogP) is 5.98. The van der Waals surface area contributed by atoms with Crippen molar-refractivity contribution in [2.45, 2.75) is 47.8 Å².